The van der Waals surface area contributed by atoms with E-state index in [1.165, 1.54) is 5.56 Å². The second kappa shape index (κ2) is 12.4. The molecule has 2 saturated carbocycles. The molecule has 3 aliphatic heterocycles. The van der Waals surface area contributed by atoms with Gasteiger partial charge >= 0.3 is 0 Å². The molecule has 2 aromatic carbocycles. The van der Waals surface area contributed by atoms with Crippen LogP contribution in [0.3, 0.4) is 0 Å². The number of benzene rings is 2. The Labute approximate surface area is 272 Å². The van der Waals surface area contributed by atoms with Gasteiger partial charge in [0.15, 0.2) is 6.29 Å². The number of nitrogens with zero attached hydrogens (tertiary/aromatic N) is 1. The minimum atomic E-state index is -3.88. The maximum atomic E-state index is 13.4. The number of halogens is 1. The lowest BCUT2D eigenvalue weighted by atomic mass is 9.84. The molecule has 8 nitrogen and oxygen atoms in total. The summed E-state index contributed by atoms with van der Waals surface area (Å²) in [7, 11) is -3.88. The Hall–Kier alpha value is -2.33. The number of carbonyl (C=O) groups is 1. The number of amides is 1. The molecule has 0 spiro atoms. The molecule has 7 rings (SSSR count). The number of nitrogens with one attached hydrogen (secondary N) is 1. The van der Waals surface area contributed by atoms with Crippen molar-refractivity contribution in [3.8, 4) is 5.75 Å². The molecule has 2 aliphatic carbocycles. The summed E-state index contributed by atoms with van der Waals surface area (Å²) in [5, 5.41) is 0.0206. The summed E-state index contributed by atoms with van der Waals surface area (Å²) in [6, 6.07) is 11.3. The lowest BCUT2D eigenvalue weighted by molar-refractivity contribution is -0.218. The largest absolute Gasteiger partial charge is 0.487 e. The predicted octanol–water partition coefficient (Wildman–Crippen LogP) is 6.35. The van der Waals surface area contributed by atoms with Gasteiger partial charge in [-0.3, -0.25) is 4.79 Å². The van der Waals surface area contributed by atoms with Gasteiger partial charge in [-0.05, 0) is 117 Å². The highest BCUT2D eigenvalue weighted by Gasteiger charge is 2.76. The number of sulfonamides is 1. The molecule has 1 N–H and O–H groups in total. The molecule has 244 valence electrons. The van der Waals surface area contributed by atoms with Gasteiger partial charge in [0.25, 0.3) is 5.91 Å². The lowest BCUT2D eigenvalue weighted by Crippen LogP contribution is -2.40. The number of hydrogen-bond donors (Lipinski definition) is 1. The summed E-state index contributed by atoms with van der Waals surface area (Å²) in [6.45, 7) is 7.19. The van der Waals surface area contributed by atoms with E-state index in [1.807, 2.05) is 37.3 Å². The van der Waals surface area contributed by atoms with Crippen molar-refractivity contribution in [2.45, 2.75) is 83.4 Å². The third-order valence-corrected chi connectivity index (χ3v) is 13.6. The molecule has 3 heterocycles. The van der Waals surface area contributed by atoms with Crippen molar-refractivity contribution in [1.29, 1.82) is 0 Å². The minimum Gasteiger partial charge on any atom is -0.487 e. The zero-order chi connectivity index (χ0) is 31.3. The first-order valence-electron chi connectivity index (χ1n) is 16.8. The van der Waals surface area contributed by atoms with Crippen LogP contribution >= 0.6 is 11.6 Å². The Kier molecular flexibility index (Phi) is 8.59. The van der Waals surface area contributed by atoms with Crippen molar-refractivity contribution in [2.75, 3.05) is 31.2 Å². The molecular weight excluding hydrogens is 612 g/mol. The highest BCUT2D eigenvalue weighted by molar-refractivity contribution is 7.90. The Balaban J connectivity index is 1.25. The average Bonchev–Trinajstić information content (AvgIpc) is 3.57. The predicted molar refractivity (Wildman–Crippen MR) is 174 cm³/mol. The number of fused-ring (bicyclic) bond motifs is 3. The average molecular weight is 657 g/mol. The molecule has 1 saturated heterocycles. The van der Waals surface area contributed by atoms with Crippen molar-refractivity contribution < 1.29 is 27.4 Å². The van der Waals surface area contributed by atoms with Gasteiger partial charge in [0.2, 0.25) is 10.0 Å². The highest BCUT2D eigenvalue weighted by Crippen LogP contribution is 2.77. The zero-order valence-corrected chi connectivity index (χ0v) is 27.9. The summed E-state index contributed by atoms with van der Waals surface area (Å²) in [5.41, 5.74) is 3.45. The summed E-state index contributed by atoms with van der Waals surface area (Å²) in [6.07, 6.45) is 7.39. The van der Waals surface area contributed by atoms with Crippen LogP contribution in [-0.4, -0.2) is 52.2 Å². The standard InChI is InChI=1S/C35H45ClN2O6S/c1-22-7-5-13-35(34-42-15-6-16-43-34)29-18-27(32(29)35)20-38-14-4-3-8-24-17-28(36)11-9-26(24)21-44-31-12-10-25(19-30(31)38)33(39)37-45(40,41)23(22)2/h9-12,17,19,22-23,27,29,32,34H,3-8,13-16,18,20-21H2,1-2H3,(H,37,39)/t22-,23+,27-,29?,32-,35?/m0/s1. The molecular formula is C35H45ClN2O6S. The first-order valence-corrected chi connectivity index (χ1v) is 18.7. The molecule has 1 amide bonds. The summed E-state index contributed by atoms with van der Waals surface area (Å²) < 4.78 is 48.2. The Morgan fingerprint density at radius 2 is 1.82 bits per heavy atom. The van der Waals surface area contributed by atoms with Crippen molar-refractivity contribution >= 4 is 33.2 Å². The monoisotopic (exact) mass is 656 g/mol. The second-order valence-electron chi connectivity index (χ2n) is 14.0. The van der Waals surface area contributed by atoms with E-state index in [9.17, 15) is 13.2 Å². The Bertz CT molecular complexity index is 1540. The van der Waals surface area contributed by atoms with Gasteiger partial charge in [-0.1, -0.05) is 31.0 Å². The summed E-state index contributed by atoms with van der Waals surface area (Å²) >= 11 is 6.36. The molecule has 45 heavy (non-hydrogen) atoms. The quantitative estimate of drug-likeness (QED) is 0.383. The lowest BCUT2D eigenvalue weighted by Gasteiger charge is -2.35. The van der Waals surface area contributed by atoms with Crippen LogP contribution in [0.1, 0.15) is 80.3 Å². The molecule has 5 aliphatic rings. The normalized spacial score (nSPS) is 33.7. The van der Waals surface area contributed by atoms with Crippen LogP contribution in [0.15, 0.2) is 36.4 Å². The number of aryl methyl sites for hydroxylation is 1. The SMILES string of the molecule is C[C@@H]1[C@@H](C)CCCC2(C3OCCCO3)C3C[C@@H](CN4CCCCc5cc(Cl)ccc5COc5ccc(cc54)C(=O)NS1(=O)=O)[C@@H]32. The molecule has 10 heteroatoms. The third kappa shape index (κ3) is 5.87. The van der Waals surface area contributed by atoms with E-state index in [2.05, 4.69) is 9.62 Å². The molecule has 6 atom stereocenters. The van der Waals surface area contributed by atoms with E-state index >= 15 is 0 Å². The number of ether oxygens (including phenoxy) is 3. The summed E-state index contributed by atoms with van der Waals surface area (Å²) in [4.78, 5) is 15.8. The minimum absolute atomic E-state index is 0.00508. The van der Waals surface area contributed by atoms with Crippen LogP contribution in [0.5, 0.6) is 5.75 Å². The summed E-state index contributed by atoms with van der Waals surface area (Å²) in [5.74, 6) is 1.57. The Morgan fingerprint density at radius 1 is 1.00 bits per heavy atom. The van der Waals surface area contributed by atoms with Gasteiger partial charge < -0.3 is 19.1 Å². The van der Waals surface area contributed by atoms with Crippen LogP contribution in [0.2, 0.25) is 5.02 Å². The first-order chi connectivity index (χ1) is 21.7. The maximum Gasteiger partial charge on any atom is 0.264 e. The van der Waals surface area contributed by atoms with Crippen LogP contribution in [0.25, 0.3) is 0 Å². The number of hydrogen-bond acceptors (Lipinski definition) is 7. The van der Waals surface area contributed by atoms with Crippen LogP contribution in [-0.2, 0) is 32.5 Å². The van der Waals surface area contributed by atoms with Gasteiger partial charge in [0.05, 0.1) is 24.2 Å². The van der Waals surface area contributed by atoms with Crippen molar-refractivity contribution in [3.05, 3.63) is 58.1 Å². The van der Waals surface area contributed by atoms with E-state index in [1.54, 1.807) is 13.0 Å². The highest BCUT2D eigenvalue weighted by atomic mass is 35.5. The fourth-order valence-electron chi connectivity index (χ4n) is 8.69. The van der Waals surface area contributed by atoms with E-state index < -0.39 is 21.2 Å². The fraction of sp³-hybridized carbons (Fsp3) is 0.629. The smallest absolute Gasteiger partial charge is 0.264 e. The van der Waals surface area contributed by atoms with Crippen molar-refractivity contribution in [2.24, 2.45) is 29.1 Å². The molecule has 0 radical (unpaired) electrons. The van der Waals surface area contributed by atoms with E-state index in [4.69, 9.17) is 25.8 Å². The van der Waals surface area contributed by atoms with Crippen LogP contribution < -0.4 is 14.4 Å². The zero-order valence-electron chi connectivity index (χ0n) is 26.3. The van der Waals surface area contributed by atoms with Crippen LogP contribution in [0.4, 0.5) is 5.69 Å². The van der Waals surface area contributed by atoms with E-state index in [-0.39, 0.29) is 17.6 Å². The molecule has 0 aromatic heterocycles. The molecule has 2 unspecified atom stereocenters. The van der Waals surface area contributed by atoms with Gasteiger partial charge in [-0.15, -0.1) is 0 Å². The second-order valence-corrected chi connectivity index (χ2v) is 16.5. The topological polar surface area (TPSA) is 94.2 Å². The molecule has 2 aromatic rings. The van der Waals surface area contributed by atoms with Crippen molar-refractivity contribution in [1.82, 2.24) is 4.72 Å². The maximum absolute atomic E-state index is 13.4. The number of rotatable bonds is 1. The Morgan fingerprint density at radius 3 is 2.64 bits per heavy atom. The molecule has 3 fully saturated rings. The van der Waals surface area contributed by atoms with E-state index in [0.717, 1.165) is 93.9 Å². The number of carbonyl (C=O) groups excluding carboxylic acids is 1. The fourth-order valence-corrected chi connectivity index (χ4v) is 10.2. The molecule has 2 bridgehead atoms. The van der Waals surface area contributed by atoms with Crippen LogP contribution in [0, 0.1) is 29.1 Å². The van der Waals surface area contributed by atoms with Crippen molar-refractivity contribution in [3.63, 3.8) is 0 Å². The third-order valence-electron chi connectivity index (χ3n) is 11.5. The van der Waals surface area contributed by atoms with Gasteiger partial charge in [-0.2, -0.15) is 0 Å². The van der Waals surface area contributed by atoms with Gasteiger partial charge in [0, 0.05) is 29.1 Å². The van der Waals surface area contributed by atoms with E-state index in [0.29, 0.717) is 35.7 Å². The van der Waals surface area contributed by atoms with Gasteiger partial charge in [-0.25, -0.2) is 13.1 Å². The van der Waals surface area contributed by atoms with Gasteiger partial charge in [0.1, 0.15) is 12.4 Å². The first kappa shape index (κ1) is 31.3. The number of anilines is 1.